The van der Waals surface area contributed by atoms with Gasteiger partial charge in [-0.3, -0.25) is 0 Å². The van der Waals surface area contributed by atoms with E-state index in [-0.39, 0.29) is 59.1 Å². The monoisotopic (exact) mass is 930 g/mol. The summed E-state index contributed by atoms with van der Waals surface area (Å²) in [5.74, 6) is 0. The molecule has 62 heavy (non-hydrogen) atoms. The summed E-state index contributed by atoms with van der Waals surface area (Å²) in [6, 6.07) is 22.3. The Balaban J connectivity index is 0.000000157. The number of fused-ring (bicyclic) bond motifs is 2. The largest absolute Gasteiger partial charge is 0.485 e. The van der Waals surface area contributed by atoms with Gasteiger partial charge in [0.05, 0.1) is 46.6 Å². The fraction of sp³-hybridized carbons (Fsp3) is 0.333. The van der Waals surface area contributed by atoms with Crippen molar-refractivity contribution < 1.29 is 59.1 Å². The van der Waals surface area contributed by atoms with Crippen molar-refractivity contribution in [1.29, 1.82) is 0 Å². The zero-order valence-corrected chi connectivity index (χ0v) is 35.6. The van der Waals surface area contributed by atoms with Crippen LogP contribution in [0.4, 0.5) is 26.3 Å². The van der Waals surface area contributed by atoms with E-state index in [1.54, 1.807) is 30.3 Å². The molecule has 1 N–H and O–H groups in total. The minimum absolute atomic E-state index is 0.0808. The Labute approximate surface area is 360 Å². The van der Waals surface area contributed by atoms with Gasteiger partial charge in [-0.15, -0.1) is 0 Å². The lowest BCUT2D eigenvalue weighted by Gasteiger charge is -2.32. The van der Waals surface area contributed by atoms with Gasteiger partial charge in [0, 0.05) is 33.0 Å². The molecule has 328 valence electrons. The number of rotatable bonds is 6. The van der Waals surface area contributed by atoms with Crippen LogP contribution in [0.15, 0.2) is 120 Å². The highest BCUT2D eigenvalue weighted by atomic mass is 79.9. The molecule has 17 heteroatoms. The van der Waals surface area contributed by atoms with Crippen LogP contribution >= 0.6 is 15.9 Å². The van der Waals surface area contributed by atoms with Crippen molar-refractivity contribution in [2.24, 2.45) is 0 Å². The normalized spacial score (nSPS) is 17.3. The standard InChI is InChI=1S/C17H11F3O3.C16H8BrF3O2.C12H23BO4/c18-17(19,20)14-4-2-1-3-12(14)13-8-11-6-5-10(9-21)7-15(11)23-16(13)22;17-10-6-5-9-7-12(15(21)22-14(9)8-10)11-3-1-2-4-13(11)16(18,19)20;1-11(2)12(3,4)17-13(16-11)9-15-10-7-5-6-8-14-10/h1-8,21H,9H2;1-8H;10H,5-9H2,1-4H3. The van der Waals surface area contributed by atoms with Crippen molar-refractivity contribution >= 4 is 45.0 Å². The van der Waals surface area contributed by atoms with E-state index in [9.17, 15) is 35.9 Å². The molecule has 2 aliphatic rings. The Bertz CT molecular complexity index is 2620. The lowest BCUT2D eigenvalue weighted by molar-refractivity contribution is -0.154. The molecule has 1 unspecified atom stereocenters. The summed E-state index contributed by atoms with van der Waals surface area (Å²) in [5.41, 5.74) is -3.57. The summed E-state index contributed by atoms with van der Waals surface area (Å²) >= 11 is 3.25. The molecule has 0 radical (unpaired) electrons. The Kier molecular flexibility index (Phi) is 14.3. The first-order valence-corrected chi connectivity index (χ1v) is 20.3. The van der Waals surface area contributed by atoms with E-state index in [0.717, 1.165) is 31.6 Å². The molecule has 6 aromatic rings. The van der Waals surface area contributed by atoms with Crippen LogP contribution < -0.4 is 11.3 Å². The average molecular weight is 932 g/mol. The highest BCUT2D eigenvalue weighted by molar-refractivity contribution is 9.10. The molecule has 4 heterocycles. The average Bonchev–Trinajstić information content (AvgIpc) is 3.44. The van der Waals surface area contributed by atoms with Crippen molar-refractivity contribution in [2.75, 3.05) is 13.1 Å². The number of hydrogen-bond donors (Lipinski definition) is 1. The molecule has 2 aliphatic heterocycles. The lowest BCUT2D eigenvalue weighted by Crippen LogP contribution is -2.41. The number of halogens is 7. The van der Waals surface area contributed by atoms with E-state index >= 15 is 0 Å². The predicted molar refractivity (Wildman–Crippen MR) is 225 cm³/mol. The highest BCUT2D eigenvalue weighted by Gasteiger charge is 2.51. The van der Waals surface area contributed by atoms with Gasteiger partial charge in [0.1, 0.15) is 11.2 Å². The third-order valence-corrected chi connectivity index (χ3v) is 11.1. The minimum atomic E-state index is -4.57. The number of benzene rings is 4. The van der Waals surface area contributed by atoms with Gasteiger partial charge in [0.15, 0.2) is 6.29 Å². The van der Waals surface area contributed by atoms with Gasteiger partial charge in [-0.25, -0.2) is 9.59 Å². The first-order chi connectivity index (χ1) is 29.2. The first-order valence-electron chi connectivity index (χ1n) is 19.5. The molecular formula is C45H42BBrF6O9. The molecule has 0 amide bonds. The summed E-state index contributed by atoms with van der Waals surface area (Å²) < 4.78 is 113. The molecule has 8 rings (SSSR count). The number of ether oxygens (including phenoxy) is 2. The Morgan fingerprint density at radius 2 is 1.19 bits per heavy atom. The number of alkyl halides is 6. The van der Waals surface area contributed by atoms with Crippen molar-refractivity contribution in [2.45, 2.75) is 83.4 Å². The number of aliphatic hydroxyl groups is 1. The third-order valence-electron chi connectivity index (χ3n) is 10.6. The second-order valence-electron chi connectivity index (χ2n) is 15.5. The van der Waals surface area contributed by atoms with Gasteiger partial charge in [-0.05, 0) is 95.0 Å². The van der Waals surface area contributed by atoms with Crippen molar-refractivity contribution in [1.82, 2.24) is 0 Å². The summed E-state index contributed by atoms with van der Waals surface area (Å²) in [6.07, 6.45) is -5.91. The van der Waals surface area contributed by atoms with Gasteiger partial charge in [-0.2, -0.15) is 26.3 Å². The Morgan fingerprint density at radius 1 is 0.694 bits per heavy atom. The zero-order valence-electron chi connectivity index (χ0n) is 34.0. The molecule has 9 nitrogen and oxygen atoms in total. The van der Waals surface area contributed by atoms with Crippen LogP contribution in [0.3, 0.4) is 0 Å². The summed E-state index contributed by atoms with van der Waals surface area (Å²) in [6.45, 7) is 9.20. The quantitative estimate of drug-likeness (QED) is 0.0989. The fourth-order valence-corrected chi connectivity index (χ4v) is 7.05. The molecule has 2 fully saturated rings. The summed E-state index contributed by atoms with van der Waals surface area (Å²) in [7, 11) is -0.287. The molecular weight excluding hydrogens is 889 g/mol. The summed E-state index contributed by atoms with van der Waals surface area (Å²) in [4.78, 5) is 24.2. The molecule has 0 bridgehead atoms. The fourth-order valence-electron chi connectivity index (χ4n) is 6.71. The summed E-state index contributed by atoms with van der Waals surface area (Å²) in [5, 5.41) is 10.1. The van der Waals surface area contributed by atoms with Gasteiger partial charge < -0.3 is 32.7 Å². The molecule has 2 aromatic heterocycles. The molecule has 0 aliphatic carbocycles. The maximum absolute atomic E-state index is 13.1. The van der Waals surface area contributed by atoms with Crippen LogP contribution in [0.1, 0.15) is 63.6 Å². The Hall–Kier alpha value is -4.78. The van der Waals surface area contributed by atoms with E-state index in [1.165, 1.54) is 61.0 Å². The zero-order chi connectivity index (χ0) is 45.0. The highest BCUT2D eigenvalue weighted by Crippen LogP contribution is 2.39. The molecule has 0 spiro atoms. The van der Waals surface area contributed by atoms with Crippen molar-refractivity contribution in [3.8, 4) is 22.3 Å². The topological polar surface area (TPSA) is 118 Å². The third kappa shape index (κ3) is 11.0. The number of aliphatic hydroxyl groups excluding tert-OH is 1. The van der Waals surface area contributed by atoms with Crippen LogP contribution in [-0.2, 0) is 37.7 Å². The van der Waals surface area contributed by atoms with E-state index in [1.807, 2.05) is 27.7 Å². The molecule has 0 saturated carbocycles. The molecule has 2 saturated heterocycles. The van der Waals surface area contributed by atoms with Crippen molar-refractivity contribution in [3.05, 3.63) is 139 Å². The van der Waals surface area contributed by atoms with E-state index in [0.29, 0.717) is 32.9 Å². The van der Waals surface area contributed by atoms with Crippen LogP contribution in [0.25, 0.3) is 44.2 Å². The maximum atomic E-state index is 13.1. The second-order valence-corrected chi connectivity index (χ2v) is 16.4. The predicted octanol–water partition coefficient (Wildman–Crippen LogP) is 11.4. The number of hydrogen-bond acceptors (Lipinski definition) is 9. The molecule has 1 atom stereocenters. The van der Waals surface area contributed by atoms with E-state index < -0.39 is 34.7 Å². The van der Waals surface area contributed by atoms with E-state index in [4.69, 9.17) is 32.7 Å². The van der Waals surface area contributed by atoms with Gasteiger partial charge in [0.2, 0.25) is 0 Å². The van der Waals surface area contributed by atoms with Gasteiger partial charge in [-0.1, -0.05) is 70.5 Å². The van der Waals surface area contributed by atoms with Crippen LogP contribution in [0.2, 0.25) is 0 Å². The maximum Gasteiger partial charge on any atom is 0.485 e. The van der Waals surface area contributed by atoms with E-state index in [2.05, 4.69) is 15.9 Å². The Morgan fingerprint density at radius 3 is 1.68 bits per heavy atom. The first kappa shape index (κ1) is 46.7. The minimum Gasteiger partial charge on any atom is -0.422 e. The van der Waals surface area contributed by atoms with Gasteiger partial charge in [0.25, 0.3) is 0 Å². The lowest BCUT2D eigenvalue weighted by atomic mass is 9.90. The van der Waals surface area contributed by atoms with Crippen LogP contribution in [-0.4, -0.2) is 42.8 Å². The SMILES string of the molecule is CC1(C)OB(COC2CCCCO2)OC1(C)C.O=c1oc2cc(Br)ccc2cc1-c1ccccc1C(F)(F)F.O=c1oc2cc(CO)ccc2cc1-c1ccccc1C(F)(F)F. The van der Waals surface area contributed by atoms with Gasteiger partial charge >= 0.3 is 30.7 Å². The van der Waals surface area contributed by atoms with Crippen LogP contribution in [0, 0.1) is 0 Å². The van der Waals surface area contributed by atoms with Crippen LogP contribution in [0.5, 0.6) is 0 Å². The van der Waals surface area contributed by atoms with Crippen molar-refractivity contribution in [3.63, 3.8) is 0 Å². The smallest absolute Gasteiger partial charge is 0.422 e. The second kappa shape index (κ2) is 18.9. The molecule has 4 aromatic carbocycles.